The van der Waals surface area contributed by atoms with Crippen molar-refractivity contribution in [3.05, 3.63) is 60.2 Å². The van der Waals surface area contributed by atoms with Crippen LogP contribution in [-0.4, -0.2) is 72.4 Å². The summed E-state index contributed by atoms with van der Waals surface area (Å²) >= 11 is 0. The lowest BCUT2D eigenvalue weighted by Crippen LogP contribution is -2.49. The van der Waals surface area contributed by atoms with Gasteiger partial charge in [0.1, 0.15) is 11.6 Å². The van der Waals surface area contributed by atoms with Crippen LogP contribution >= 0.6 is 0 Å². The number of rotatable bonds is 7. The Kier molecular flexibility index (Phi) is 7.30. The van der Waals surface area contributed by atoms with Gasteiger partial charge in [-0.25, -0.2) is 14.6 Å². The Balaban J connectivity index is 1.48. The molecule has 10 heteroatoms. The van der Waals surface area contributed by atoms with Crippen molar-refractivity contribution in [2.45, 2.75) is 6.92 Å². The van der Waals surface area contributed by atoms with Crippen LogP contribution in [0.1, 0.15) is 17.3 Å². The van der Waals surface area contributed by atoms with Crippen LogP contribution < -0.4 is 15.0 Å². The molecule has 1 aliphatic rings. The molecule has 2 heterocycles. The summed E-state index contributed by atoms with van der Waals surface area (Å²) in [5, 5.41) is 13.0. The number of piperazine rings is 1. The zero-order chi connectivity index (χ0) is 24.8. The second-order valence-corrected chi connectivity index (χ2v) is 7.89. The van der Waals surface area contributed by atoms with E-state index in [-0.39, 0.29) is 24.2 Å². The Hall–Kier alpha value is -4.34. The maximum absolute atomic E-state index is 12.3. The van der Waals surface area contributed by atoms with Crippen molar-refractivity contribution in [1.29, 1.82) is 0 Å². The van der Waals surface area contributed by atoms with E-state index >= 15 is 0 Å². The van der Waals surface area contributed by atoms with Crippen molar-refractivity contribution in [2.24, 2.45) is 0 Å². The number of nitrogens with one attached hydrogen (secondary N) is 1. The van der Waals surface area contributed by atoms with Crippen molar-refractivity contribution in [3.8, 4) is 5.75 Å². The van der Waals surface area contributed by atoms with Gasteiger partial charge >= 0.3 is 12.1 Å². The topological polar surface area (TPSA) is 121 Å². The molecule has 1 aliphatic heterocycles. The number of fused-ring (bicyclic) bond motifs is 1. The number of carbonyl (C=O) groups is 3. The minimum Gasteiger partial charge on any atom is -0.484 e. The lowest BCUT2D eigenvalue weighted by atomic mass is 10.1. The van der Waals surface area contributed by atoms with Crippen LogP contribution in [0.15, 0.2) is 54.6 Å². The molecular weight excluding hydrogens is 452 g/mol. The summed E-state index contributed by atoms with van der Waals surface area (Å²) in [7, 11) is 0. The third-order valence-corrected chi connectivity index (χ3v) is 5.55. The monoisotopic (exact) mass is 478 g/mol. The molecule has 182 valence electrons. The zero-order valence-corrected chi connectivity index (χ0v) is 19.3. The molecule has 0 bridgehead atoms. The number of carbonyl (C=O) groups excluding carboxylic acids is 2. The van der Waals surface area contributed by atoms with E-state index in [1.54, 1.807) is 42.2 Å². The Morgan fingerprint density at radius 1 is 1.03 bits per heavy atom. The molecule has 2 N–H and O–H groups in total. The number of aromatic nitrogens is 1. The van der Waals surface area contributed by atoms with Gasteiger partial charge in [-0.1, -0.05) is 18.2 Å². The quantitative estimate of drug-likeness (QED) is 0.531. The highest BCUT2D eigenvalue weighted by molar-refractivity contribution is 6.05. The number of nitrogens with zero attached hydrogens (tertiary/aromatic N) is 3. The van der Waals surface area contributed by atoms with E-state index in [9.17, 15) is 19.5 Å². The Morgan fingerprint density at radius 3 is 2.46 bits per heavy atom. The number of carboxylic acids is 1. The lowest BCUT2D eigenvalue weighted by molar-refractivity contribution is -0.118. The molecule has 0 aliphatic carbocycles. The first-order valence-corrected chi connectivity index (χ1v) is 11.3. The van der Waals surface area contributed by atoms with E-state index in [0.29, 0.717) is 60.9 Å². The molecule has 1 aromatic heterocycles. The normalized spacial score (nSPS) is 13.4. The third-order valence-electron chi connectivity index (χ3n) is 5.55. The van der Waals surface area contributed by atoms with Crippen LogP contribution in [0, 0.1) is 0 Å². The highest BCUT2D eigenvalue weighted by Crippen LogP contribution is 2.27. The predicted octanol–water partition coefficient (Wildman–Crippen LogP) is 3.23. The minimum absolute atomic E-state index is 0.0782. The average molecular weight is 479 g/mol. The van der Waals surface area contributed by atoms with Gasteiger partial charge < -0.3 is 29.7 Å². The zero-order valence-electron chi connectivity index (χ0n) is 19.3. The Labute approximate surface area is 202 Å². The molecule has 3 aromatic rings. The summed E-state index contributed by atoms with van der Waals surface area (Å²) in [5.74, 6) is -0.366. The summed E-state index contributed by atoms with van der Waals surface area (Å²) in [4.78, 5) is 44.5. The van der Waals surface area contributed by atoms with Crippen LogP contribution in [0.3, 0.4) is 0 Å². The van der Waals surface area contributed by atoms with E-state index in [1.165, 1.54) is 6.07 Å². The predicted molar refractivity (Wildman–Crippen MR) is 130 cm³/mol. The molecular formula is C25H26N4O6. The fourth-order valence-corrected chi connectivity index (χ4v) is 3.82. The molecule has 1 fully saturated rings. The summed E-state index contributed by atoms with van der Waals surface area (Å²) in [5.41, 5.74) is 1.01. The fraction of sp³-hybridized carbons (Fsp3) is 0.280. The summed E-state index contributed by atoms with van der Waals surface area (Å²) < 4.78 is 10.5. The molecule has 0 saturated carbocycles. The lowest BCUT2D eigenvalue weighted by Gasteiger charge is -2.35. The van der Waals surface area contributed by atoms with E-state index < -0.39 is 5.97 Å². The van der Waals surface area contributed by atoms with Gasteiger partial charge in [-0.2, -0.15) is 0 Å². The van der Waals surface area contributed by atoms with E-state index in [0.717, 1.165) is 0 Å². The first-order chi connectivity index (χ1) is 16.9. The fourth-order valence-electron chi connectivity index (χ4n) is 3.82. The van der Waals surface area contributed by atoms with Crippen molar-refractivity contribution < 1.29 is 29.0 Å². The number of carboxylic acid groups (broad SMARTS) is 1. The van der Waals surface area contributed by atoms with Crippen molar-refractivity contribution in [3.63, 3.8) is 0 Å². The van der Waals surface area contributed by atoms with Crippen LogP contribution in [0.2, 0.25) is 0 Å². The van der Waals surface area contributed by atoms with Crippen molar-refractivity contribution >= 4 is 40.4 Å². The number of anilines is 2. The number of benzene rings is 2. The highest BCUT2D eigenvalue weighted by Gasteiger charge is 2.24. The van der Waals surface area contributed by atoms with Gasteiger partial charge in [0.2, 0.25) is 0 Å². The molecule has 2 amide bonds. The number of hydrogen-bond acceptors (Lipinski definition) is 7. The van der Waals surface area contributed by atoms with Gasteiger partial charge in [0.05, 0.1) is 17.7 Å². The maximum Gasteiger partial charge on any atom is 0.409 e. The number of aromatic carboxylic acids is 1. The minimum atomic E-state index is -1.10. The summed E-state index contributed by atoms with van der Waals surface area (Å²) in [6.45, 7) is 3.82. The molecule has 0 spiro atoms. The molecule has 35 heavy (non-hydrogen) atoms. The number of ether oxygens (including phenoxy) is 2. The molecule has 0 atom stereocenters. The molecule has 1 saturated heterocycles. The van der Waals surface area contributed by atoms with Crippen LogP contribution in [0.5, 0.6) is 5.75 Å². The van der Waals surface area contributed by atoms with Crippen molar-refractivity contribution in [1.82, 2.24) is 9.88 Å². The van der Waals surface area contributed by atoms with E-state index in [1.807, 2.05) is 23.1 Å². The molecule has 0 radical (unpaired) electrons. The van der Waals surface area contributed by atoms with Gasteiger partial charge in [0.25, 0.3) is 5.91 Å². The van der Waals surface area contributed by atoms with Gasteiger partial charge in [0, 0.05) is 37.3 Å². The van der Waals surface area contributed by atoms with Gasteiger partial charge in [0.15, 0.2) is 6.61 Å². The van der Waals surface area contributed by atoms with Crippen LogP contribution in [-0.2, 0) is 9.53 Å². The number of amides is 2. The van der Waals surface area contributed by atoms with E-state index in [4.69, 9.17) is 9.47 Å². The first kappa shape index (κ1) is 23.8. The SMILES string of the molecule is CCOC(=O)N1CCN(c2cc(C(=O)O)c3cc(NC(=O)COc4ccccc4)ccc3n2)CC1. The molecule has 4 rings (SSSR count). The standard InChI is InChI=1S/C25H26N4O6/c1-2-34-25(33)29-12-10-28(11-13-29)22-15-20(24(31)32)19-14-17(8-9-21(19)27-22)26-23(30)16-35-18-6-4-3-5-7-18/h3-9,14-15H,2,10-13,16H2,1H3,(H,26,30)(H,31,32). The summed E-state index contributed by atoms with van der Waals surface area (Å²) in [6, 6.07) is 15.4. The maximum atomic E-state index is 12.3. The highest BCUT2D eigenvalue weighted by atomic mass is 16.6. The number of para-hydroxylation sites is 1. The third kappa shape index (κ3) is 5.78. The second kappa shape index (κ2) is 10.7. The molecule has 2 aromatic carbocycles. The van der Waals surface area contributed by atoms with E-state index in [2.05, 4.69) is 10.3 Å². The Bertz CT molecular complexity index is 1230. The van der Waals surface area contributed by atoms with Gasteiger partial charge in [-0.15, -0.1) is 0 Å². The molecule has 0 unspecified atom stereocenters. The van der Waals surface area contributed by atoms with Crippen LogP contribution in [0.25, 0.3) is 10.9 Å². The second-order valence-electron chi connectivity index (χ2n) is 7.89. The van der Waals surface area contributed by atoms with Crippen LogP contribution in [0.4, 0.5) is 16.3 Å². The smallest absolute Gasteiger partial charge is 0.409 e. The largest absolute Gasteiger partial charge is 0.484 e. The number of hydrogen-bond donors (Lipinski definition) is 2. The summed E-state index contributed by atoms with van der Waals surface area (Å²) in [6.07, 6.45) is -0.353. The average Bonchev–Trinajstić information content (AvgIpc) is 2.87. The first-order valence-electron chi connectivity index (χ1n) is 11.3. The number of pyridine rings is 1. The van der Waals surface area contributed by atoms with Gasteiger partial charge in [-0.3, -0.25) is 4.79 Å². The Morgan fingerprint density at radius 2 is 1.77 bits per heavy atom. The van der Waals surface area contributed by atoms with Gasteiger partial charge in [-0.05, 0) is 43.3 Å². The van der Waals surface area contributed by atoms with Crippen molar-refractivity contribution in [2.75, 3.05) is 49.6 Å². The molecule has 10 nitrogen and oxygen atoms in total.